The Bertz CT molecular complexity index is 1090. The average molecular weight is 453 g/mol. The Morgan fingerprint density at radius 2 is 1.81 bits per heavy atom. The third kappa shape index (κ3) is 5.02. The normalized spacial score (nSPS) is 12.7. The number of carbonyl (C=O) groups excluding carboxylic acids is 1. The monoisotopic (exact) mass is 452 g/mol. The highest BCUT2D eigenvalue weighted by Gasteiger charge is 2.32. The Hall–Kier alpha value is -3.13. The molecule has 0 saturated heterocycles. The summed E-state index contributed by atoms with van der Waals surface area (Å²) < 4.78 is 18.5. The predicted molar refractivity (Wildman–Crippen MR) is 125 cm³/mol. The second kappa shape index (κ2) is 9.99. The molecule has 1 aliphatic heterocycles. The molecule has 2 aromatic carbocycles. The molecular weight excluding hydrogens is 427 g/mol. The zero-order chi connectivity index (χ0) is 22.5. The molecule has 32 heavy (non-hydrogen) atoms. The van der Waals surface area contributed by atoms with Gasteiger partial charge in [-0.05, 0) is 41.8 Å². The highest BCUT2D eigenvalue weighted by atomic mass is 32.2. The van der Waals surface area contributed by atoms with E-state index in [1.807, 2.05) is 24.3 Å². The average Bonchev–Trinajstić information content (AvgIpc) is 3.13. The van der Waals surface area contributed by atoms with Crippen LogP contribution in [0.25, 0.3) is 0 Å². The number of hydrogen-bond acceptors (Lipinski definition) is 6. The summed E-state index contributed by atoms with van der Waals surface area (Å²) in [5.74, 6) is 2.67. The third-order valence-corrected chi connectivity index (χ3v) is 6.21. The molecule has 1 N–H and O–H groups in total. The fraction of sp³-hybridized carbons (Fsp3) is 0.292. The summed E-state index contributed by atoms with van der Waals surface area (Å²) in [5.41, 5.74) is 2.72. The number of anilines is 2. The van der Waals surface area contributed by atoms with E-state index in [2.05, 4.69) is 12.2 Å². The predicted octanol–water partition coefficient (Wildman–Crippen LogP) is 4.83. The first-order valence-electron chi connectivity index (χ1n) is 10.5. The molecule has 2 heterocycles. The van der Waals surface area contributed by atoms with Crippen LogP contribution in [0.5, 0.6) is 5.75 Å². The Kier molecular flexibility index (Phi) is 6.90. The van der Waals surface area contributed by atoms with Crippen molar-refractivity contribution in [1.29, 1.82) is 0 Å². The first-order chi connectivity index (χ1) is 15.6. The summed E-state index contributed by atoms with van der Waals surface area (Å²) in [6.07, 6.45) is 1.23. The molecule has 0 unspecified atom stereocenters. The van der Waals surface area contributed by atoms with Crippen LogP contribution in [0, 0.1) is 5.82 Å². The van der Waals surface area contributed by atoms with Crippen LogP contribution >= 0.6 is 11.8 Å². The van der Waals surface area contributed by atoms with Gasteiger partial charge in [0.2, 0.25) is 5.91 Å². The first-order valence-corrected chi connectivity index (χ1v) is 11.5. The smallest absolute Gasteiger partial charge is 0.233 e. The molecule has 4 rings (SSSR count). The van der Waals surface area contributed by atoms with Gasteiger partial charge in [0.25, 0.3) is 0 Å². The molecule has 3 aromatic rings. The van der Waals surface area contributed by atoms with Crippen molar-refractivity contribution < 1.29 is 13.9 Å². The van der Waals surface area contributed by atoms with Gasteiger partial charge < -0.3 is 10.1 Å². The number of carbonyl (C=O) groups is 1. The molecule has 8 heteroatoms. The van der Waals surface area contributed by atoms with Crippen LogP contribution in [0.15, 0.2) is 53.7 Å². The fourth-order valence-electron chi connectivity index (χ4n) is 3.47. The maximum atomic E-state index is 13.3. The summed E-state index contributed by atoms with van der Waals surface area (Å²) in [7, 11) is 1.64. The Morgan fingerprint density at radius 1 is 1.09 bits per heavy atom. The highest BCUT2D eigenvalue weighted by molar-refractivity contribution is 7.99. The van der Waals surface area contributed by atoms with E-state index in [0.717, 1.165) is 34.6 Å². The lowest BCUT2D eigenvalue weighted by molar-refractivity contribution is -0.117. The lowest BCUT2D eigenvalue weighted by atomic mass is 10.2. The second-order valence-electron chi connectivity index (χ2n) is 7.49. The number of nitrogens with zero attached hydrogens (tertiary/aromatic N) is 3. The number of aromatic nitrogens is 2. The van der Waals surface area contributed by atoms with Gasteiger partial charge in [-0.15, -0.1) is 0 Å². The van der Waals surface area contributed by atoms with Gasteiger partial charge in [0.1, 0.15) is 23.2 Å². The summed E-state index contributed by atoms with van der Waals surface area (Å²) in [4.78, 5) is 23.9. The maximum absolute atomic E-state index is 13.3. The molecule has 6 nitrogen and oxygen atoms in total. The van der Waals surface area contributed by atoms with Crippen molar-refractivity contribution in [2.75, 3.05) is 23.1 Å². The standard InChI is InChI=1S/C24H25FN4O2S/c1-3-12-32-24-27-22(26-14-16-6-10-19(31-2)11-7-16)20-13-21(30)29(23(20)28-24)15-17-4-8-18(25)9-5-17/h4-11H,3,12-15H2,1-2H3,(H,26,27,28). The van der Waals surface area contributed by atoms with Crippen molar-refractivity contribution in [2.45, 2.75) is 38.0 Å². The van der Waals surface area contributed by atoms with Crippen LogP contribution in [0.2, 0.25) is 0 Å². The summed E-state index contributed by atoms with van der Waals surface area (Å²) in [5, 5.41) is 4.03. The minimum atomic E-state index is -0.299. The first kappa shape index (κ1) is 22.1. The molecule has 0 bridgehead atoms. The van der Waals surface area contributed by atoms with Gasteiger partial charge in [-0.1, -0.05) is 43.0 Å². The van der Waals surface area contributed by atoms with Crippen LogP contribution in [0.1, 0.15) is 30.0 Å². The van der Waals surface area contributed by atoms with Crippen molar-refractivity contribution >= 4 is 29.3 Å². The number of hydrogen-bond donors (Lipinski definition) is 1. The van der Waals surface area contributed by atoms with Crippen molar-refractivity contribution in [3.05, 3.63) is 71.0 Å². The van der Waals surface area contributed by atoms with Crippen LogP contribution in [0.3, 0.4) is 0 Å². The van der Waals surface area contributed by atoms with Crippen molar-refractivity contribution in [2.24, 2.45) is 0 Å². The molecule has 0 aliphatic carbocycles. The number of rotatable bonds is 9. The molecule has 1 amide bonds. The number of fused-ring (bicyclic) bond motifs is 1. The lowest BCUT2D eigenvalue weighted by Gasteiger charge is -2.18. The lowest BCUT2D eigenvalue weighted by Crippen LogP contribution is -2.26. The van der Waals surface area contributed by atoms with E-state index in [4.69, 9.17) is 14.7 Å². The molecule has 1 aromatic heterocycles. The van der Waals surface area contributed by atoms with E-state index in [9.17, 15) is 9.18 Å². The minimum absolute atomic E-state index is 0.0382. The van der Waals surface area contributed by atoms with E-state index in [1.54, 1.807) is 35.9 Å². The number of methoxy groups -OCH3 is 1. The van der Waals surface area contributed by atoms with Crippen LogP contribution in [0.4, 0.5) is 16.0 Å². The molecule has 0 atom stereocenters. The molecule has 0 spiro atoms. The van der Waals surface area contributed by atoms with Crippen LogP contribution in [-0.4, -0.2) is 28.7 Å². The topological polar surface area (TPSA) is 67.4 Å². The van der Waals surface area contributed by atoms with Crippen LogP contribution < -0.4 is 15.0 Å². The molecule has 0 saturated carbocycles. The Balaban J connectivity index is 1.61. The van der Waals surface area contributed by atoms with Gasteiger partial charge in [-0.25, -0.2) is 14.4 Å². The quantitative estimate of drug-likeness (QED) is 0.371. The van der Waals surface area contributed by atoms with Gasteiger partial charge in [-0.2, -0.15) is 0 Å². The maximum Gasteiger partial charge on any atom is 0.233 e. The van der Waals surface area contributed by atoms with E-state index >= 15 is 0 Å². The minimum Gasteiger partial charge on any atom is -0.497 e. The third-order valence-electron chi connectivity index (χ3n) is 5.16. The number of amides is 1. The van der Waals surface area contributed by atoms with E-state index in [0.29, 0.717) is 29.9 Å². The summed E-state index contributed by atoms with van der Waals surface area (Å²) >= 11 is 1.57. The van der Waals surface area contributed by atoms with Crippen molar-refractivity contribution in [3.63, 3.8) is 0 Å². The SMILES string of the molecule is CCCSc1nc(NCc2ccc(OC)cc2)c2c(n1)N(Cc1ccc(F)cc1)C(=O)C2. The van der Waals surface area contributed by atoms with Crippen molar-refractivity contribution in [3.8, 4) is 5.75 Å². The van der Waals surface area contributed by atoms with Gasteiger partial charge >= 0.3 is 0 Å². The number of nitrogens with one attached hydrogen (secondary N) is 1. The Labute approximate surface area is 191 Å². The zero-order valence-electron chi connectivity index (χ0n) is 18.1. The van der Waals surface area contributed by atoms with Crippen LogP contribution in [-0.2, 0) is 24.3 Å². The number of benzene rings is 2. The van der Waals surface area contributed by atoms with Gasteiger partial charge in [-0.3, -0.25) is 9.69 Å². The number of ether oxygens (including phenoxy) is 1. The molecule has 166 valence electrons. The second-order valence-corrected chi connectivity index (χ2v) is 8.55. The fourth-order valence-corrected chi connectivity index (χ4v) is 4.17. The summed E-state index contributed by atoms with van der Waals surface area (Å²) in [6.45, 7) is 3.02. The van der Waals surface area contributed by atoms with Gasteiger partial charge in [0, 0.05) is 17.9 Å². The van der Waals surface area contributed by atoms with Gasteiger partial charge in [0.15, 0.2) is 5.16 Å². The molecular formula is C24H25FN4O2S. The molecule has 1 aliphatic rings. The van der Waals surface area contributed by atoms with Gasteiger partial charge in [0.05, 0.1) is 20.1 Å². The highest BCUT2D eigenvalue weighted by Crippen LogP contribution is 2.35. The zero-order valence-corrected chi connectivity index (χ0v) is 18.9. The van der Waals surface area contributed by atoms with Crippen molar-refractivity contribution in [1.82, 2.24) is 9.97 Å². The van der Waals surface area contributed by atoms with E-state index < -0.39 is 0 Å². The van der Waals surface area contributed by atoms with E-state index in [-0.39, 0.29) is 18.1 Å². The summed E-state index contributed by atoms with van der Waals surface area (Å²) in [6, 6.07) is 14.0. The Morgan fingerprint density at radius 3 is 2.50 bits per heavy atom. The number of halogens is 1. The molecule has 0 radical (unpaired) electrons. The largest absolute Gasteiger partial charge is 0.497 e. The molecule has 0 fully saturated rings. The van der Waals surface area contributed by atoms with E-state index in [1.165, 1.54) is 12.1 Å². The number of thioether (sulfide) groups is 1.